The van der Waals surface area contributed by atoms with E-state index in [0.717, 1.165) is 75.9 Å². The molecule has 0 saturated carbocycles. The molecule has 0 aliphatic carbocycles. The van der Waals surface area contributed by atoms with Gasteiger partial charge in [-0.2, -0.15) is 0 Å². The summed E-state index contributed by atoms with van der Waals surface area (Å²) in [6.45, 7) is 8.15. The highest BCUT2D eigenvalue weighted by molar-refractivity contribution is 5.64. The number of imidazole rings is 1. The fourth-order valence-corrected chi connectivity index (χ4v) is 4.10. The largest absolute Gasteiger partial charge is 0.493 e. The van der Waals surface area contributed by atoms with Gasteiger partial charge in [0.1, 0.15) is 11.6 Å². The third kappa shape index (κ3) is 4.74. The van der Waals surface area contributed by atoms with E-state index in [0.29, 0.717) is 6.04 Å². The Kier molecular flexibility index (Phi) is 6.62. The van der Waals surface area contributed by atoms with E-state index in [2.05, 4.69) is 50.8 Å². The van der Waals surface area contributed by atoms with Crippen LogP contribution in [0.2, 0.25) is 0 Å². The summed E-state index contributed by atoms with van der Waals surface area (Å²) in [5.74, 6) is 1.93. The van der Waals surface area contributed by atoms with Gasteiger partial charge in [0.2, 0.25) is 0 Å². The summed E-state index contributed by atoms with van der Waals surface area (Å²) in [6, 6.07) is 8.75. The Morgan fingerprint density at radius 1 is 1.11 bits per heavy atom. The first-order chi connectivity index (χ1) is 13.8. The van der Waals surface area contributed by atoms with Gasteiger partial charge in [-0.05, 0) is 38.4 Å². The molecule has 2 aliphatic rings. The summed E-state index contributed by atoms with van der Waals surface area (Å²) < 4.78 is 14.0. The van der Waals surface area contributed by atoms with Crippen LogP contribution in [0.1, 0.15) is 25.3 Å². The van der Waals surface area contributed by atoms with Crippen LogP contribution in [-0.4, -0.2) is 78.9 Å². The number of piperazine rings is 1. The molecule has 2 aliphatic heterocycles. The number of likely N-dealkylation sites (N-methyl/N-ethyl adjacent to an activating group) is 1. The predicted molar refractivity (Wildman–Crippen MR) is 111 cm³/mol. The molecule has 0 radical (unpaired) electrons. The van der Waals surface area contributed by atoms with Gasteiger partial charge >= 0.3 is 0 Å². The highest BCUT2D eigenvalue weighted by Crippen LogP contribution is 2.32. The summed E-state index contributed by atoms with van der Waals surface area (Å²) in [6.07, 6.45) is 7.12. The van der Waals surface area contributed by atoms with E-state index in [1.54, 1.807) is 0 Å². The monoisotopic (exact) mass is 384 g/mol. The highest BCUT2D eigenvalue weighted by Gasteiger charge is 2.20. The Hall–Kier alpha value is -1.89. The Labute approximate surface area is 168 Å². The maximum atomic E-state index is 6.20. The summed E-state index contributed by atoms with van der Waals surface area (Å²) in [7, 11) is 2.20. The molecule has 1 aromatic carbocycles. The van der Waals surface area contributed by atoms with Gasteiger partial charge < -0.3 is 23.8 Å². The topological polar surface area (TPSA) is 42.8 Å². The van der Waals surface area contributed by atoms with Crippen molar-refractivity contribution in [3.63, 3.8) is 0 Å². The molecule has 0 unspecified atom stereocenters. The maximum Gasteiger partial charge on any atom is 0.143 e. The zero-order valence-electron chi connectivity index (χ0n) is 16.9. The molecule has 0 atom stereocenters. The molecule has 152 valence electrons. The number of ether oxygens (including phenoxy) is 2. The molecule has 6 nitrogen and oxygen atoms in total. The van der Waals surface area contributed by atoms with E-state index in [1.807, 2.05) is 12.3 Å². The normalized spacial score (nSPS) is 19.8. The maximum absolute atomic E-state index is 6.20. The van der Waals surface area contributed by atoms with Crippen LogP contribution < -0.4 is 4.74 Å². The van der Waals surface area contributed by atoms with E-state index in [-0.39, 0.29) is 0 Å². The Bertz CT molecular complexity index is 734. The summed E-state index contributed by atoms with van der Waals surface area (Å²) >= 11 is 0. The minimum absolute atomic E-state index is 0.455. The number of benzene rings is 1. The molecule has 2 saturated heterocycles. The zero-order chi connectivity index (χ0) is 19.2. The molecule has 2 fully saturated rings. The van der Waals surface area contributed by atoms with Gasteiger partial charge in [0.15, 0.2) is 0 Å². The molecule has 1 aromatic heterocycles. The molecular weight excluding hydrogens is 352 g/mol. The van der Waals surface area contributed by atoms with Gasteiger partial charge in [0, 0.05) is 64.4 Å². The fourth-order valence-electron chi connectivity index (χ4n) is 4.10. The van der Waals surface area contributed by atoms with E-state index in [4.69, 9.17) is 9.47 Å². The van der Waals surface area contributed by atoms with Gasteiger partial charge in [0.25, 0.3) is 0 Å². The lowest BCUT2D eigenvalue weighted by molar-refractivity contribution is 0.0700. The lowest BCUT2D eigenvalue weighted by Gasteiger charge is -2.32. The van der Waals surface area contributed by atoms with Gasteiger partial charge in [-0.1, -0.05) is 12.1 Å². The third-order valence-corrected chi connectivity index (χ3v) is 5.85. The molecule has 28 heavy (non-hydrogen) atoms. The van der Waals surface area contributed by atoms with Crippen molar-refractivity contribution in [3.8, 4) is 17.1 Å². The van der Waals surface area contributed by atoms with E-state index in [9.17, 15) is 0 Å². The minimum Gasteiger partial charge on any atom is -0.493 e. The Balaban J connectivity index is 1.37. The number of nitrogens with zero attached hydrogens (tertiary/aromatic N) is 4. The quantitative estimate of drug-likeness (QED) is 0.687. The molecule has 0 amide bonds. The third-order valence-electron chi connectivity index (χ3n) is 5.85. The summed E-state index contributed by atoms with van der Waals surface area (Å²) in [5.41, 5.74) is 1.08. The lowest BCUT2D eigenvalue weighted by atomic mass is 10.1. The Morgan fingerprint density at radius 2 is 1.89 bits per heavy atom. The van der Waals surface area contributed by atoms with Crippen molar-refractivity contribution < 1.29 is 9.47 Å². The summed E-state index contributed by atoms with van der Waals surface area (Å²) in [5, 5.41) is 0. The number of hydrogen-bond acceptors (Lipinski definition) is 5. The first-order valence-electron chi connectivity index (χ1n) is 10.5. The fraction of sp³-hybridized carbons (Fsp3) is 0.591. The van der Waals surface area contributed by atoms with Crippen LogP contribution in [0.25, 0.3) is 11.4 Å². The van der Waals surface area contributed by atoms with Crippen LogP contribution in [0, 0.1) is 0 Å². The van der Waals surface area contributed by atoms with Crippen molar-refractivity contribution in [2.24, 2.45) is 0 Å². The van der Waals surface area contributed by atoms with Crippen LogP contribution in [-0.2, 0) is 4.74 Å². The van der Waals surface area contributed by atoms with Crippen LogP contribution in [0.15, 0.2) is 36.7 Å². The van der Waals surface area contributed by atoms with Crippen molar-refractivity contribution in [2.75, 3.05) is 59.6 Å². The number of hydrogen-bond donors (Lipinski definition) is 0. The first kappa shape index (κ1) is 19.4. The number of aromatic nitrogens is 2. The first-order valence-corrected chi connectivity index (χ1v) is 10.5. The van der Waals surface area contributed by atoms with Crippen molar-refractivity contribution in [1.29, 1.82) is 0 Å². The number of rotatable bonds is 7. The molecule has 4 rings (SSSR count). The summed E-state index contributed by atoms with van der Waals surface area (Å²) in [4.78, 5) is 9.59. The van der Waals surface area contributed by atoms with Gasteiger partial charge in [0.05, 0.1) is 12.2 Å². The van der Waals surface area contributed by atoms with Gasteiger partial charge in [-0.3, -0.25) is 0 Å². The van der Waals surface area contributed by atoms with E-state index < -0.39 is 0 Å². The Morgan fingerprint density at radius 3 is 2.71 bits per heavy atom. The van der Waals surface area contributed by atoms with Crippen LogP contribution in [0.4, 0.5) is 0 Å². The van der Waals surface area contributed by atoms with Crippen molar-refractivity contribution in [1.82, 2.24) is 19.4 Å². The average molecular weight is 385 g/mol. The van der Waals surface area contributed by atoms with E-state index >= 15 is 0 Å². The molecule has 3 heterocycles. The predicted octanol–water partition coefficient (Wildman–Crippen LogP) is 2.92. The molecule has 0 bridgehead atoms. The van der Waals surface area contributed by atoms with Gasteiger partial charge in [-0.25, -0.2) is 4.98 Å². The smallest absolute Gasteiger partial charge is 0.143 e. The highest BCUT2D eigenvalue weighted by atomic mass is 16.5. The van der Waals surface area contributed by atoms with Crippen molar-refractivity contribution >= 4 is 0 Å². The zero-order valence-corrected chi connectivity index (χ0v) is 16.9. The van der Waals surface area contributed by atoms with Crippen LogP contribution >= 0.6 is 0 Å². The lowest BCUT2D eigenvalue weighted by Crippen LogP contribution is -2.44. The van der Waals surface area contributed by atoms with Crippen LogP contribution in [0.5, 0.6) is 5.75 Å². The molecule has 6 heteroatoms. The van der Waals surface area contributed by atoms with Crippen molar-refractivity contribution in [2.45, 2.75) is 25.3 Å². The van der Waals surface area contributed by atoms with E-state index in [1.165, 1.54) is 13.1 Å². The minimum atomic E-state index is 0.455. The standard InChI is InChI=1S/C22H32N4O2/c1-24-12-14-25(15-13-24)10-4-16-28-21-6-3-2-5-20(21)22-23-9-11-26(22)19-7-17-27-18-8-19/h2-3,5-6,9,11,19H,4,7-8,10,12-18H2,1H3. The van der Waals surface area contributed by atoms with Crippen molar-refractivity contribution in [3.05, 3.63) is 36.7 Å². The molecule has 0 spiro atoms. The van der Waals surface area contributed by atoms with Gasteiger partial charge in [-0.15, -0.1) is 0 Å². The molecule has 0 N–H and O–H groups in total. The SMILES string of the molecule is CN1CCN(CCCOc2ccccc2-c2nccn2C2CCOCC2)CC1. The number of para-hydroxylation sites is 1. The second kappa shape index (κ2) is 9.54. The molecular formula is C22H32N4O2. The van der Waals surface area contributed by atoms with Crippen LogP contribution in [0.3, 0.4) is 0 Å². The second-order valence-corrected chi connectivity index (χ2v) is 7.84. The second-order valence-electron chi connectivity index (χ2n) is 7.84. The molecule has 2 aromatic rings. The average Bonchev–Trinajstić information content (AvgIpc) is 3.23.